The van der Waals surface area contributed by atoms with Crippen molar-refractivity contribution < 1.29 is 4.79 Å². The van der Waals surface area contributed by atoms with Gasteiger partial charge >= 0.3 is 0 Å². The van der Waals surface area contributed by atoms with E-state index in [4.69, 9.17) is 0 Å². The summed E-state index contributed by atoms with van der Waals surface area (Å²) in [6, 6.07) is 0.123. The molecule has 62 valence electrons. The second kappa shape index (κ2) is 2.81. The van der Waals surface area contributed by atoms with Gasteiger partial charge in [-0.05, 0) is 31.7 Å². The number of carbonyl (C=O) groups excluding carboxylic acids is 1. The number of fused-ring (bicyclic) bond motifs is 1. The molecule has 2 aliphatic heterocycles. The zero-order chi connectivity index (χ0) is 7.68. The smallest absolute Gasteiger partial charge is 0.237 e. The van der Waals surface area contributed by atoms with Crippen LogP contribution in [0.5, 0.6) is 0 Å². The van der Waals surface area contributed by atoms with Crippen LogP contribution in [0.2, 0.25) is 0 Å². The van der Waals surface area contributed by atoms with Gasteiger partial charge < -0.3 is 10.6 Å². The molecule has 0 radical (unpaired) electrons. The molecule has 0 unspecified atom stereocenters. The van der Waals surface area contributed by atoms with Gasteiger partial charge in [-0.15, -0.1) is 0 Å². The van der Waals surface area contributed by atoms with Crippen LogP contribution in [0.3, 0.4) is 0 Å². The van der Waals surface area contributed by atoms with Gasteiger partial charge in [0.05, 0.1) is 6.04 Å². The van der Waals surface area contributed by atoms with Crippen LogP contribution >= 0.6 is 0 Å². The van der Waals surface area contributed by atoms with Crippen LogP contribution in [-0.2, 0) is 4.79 Å². The Morgan fingerprint density at radius 2 is 2.18 bits per heavy atom. The Kier molecular flexibility index (Phi) is 1.82. The van der Waals surface area contributed by atoms with E-state index >= 15 is 0 Å². The van der Waals surface area contributed by atoms with E-state index in [1.165, 1.54) is 12.8 Å². The molecule has 3 heteroatoms. The maximum absolute atomic E-state index is 11.3. The molecule has 0 aliphatic carbocycles. The van der Waals surface area contributed by atoms with Crippen molar-refractivity contribution in [3.05, 3.63) is 0 Å². The van der Waals surface area contributed by atoms with E-state index in [-0.39, 0.29) is 11.9 Å². The van der Waals surface area contributed by atoms with E-state index in [1.54, 1.807) is 0 Å². The lowest BCUT2D eigenvalue weighted by atomic mass is 9.85. The fourth-order valence-corrected chi connectivity index (χ4v) is 2.06. The number of hydrogen-bond acceptors (Lipinski definition) is 2. The number of piperidine rings is 2. The third-order valence-electron chi connectivity index (χ3n) is 2.68. The Morgan fingerprint density at radius 3 is 3.00 bits per heavy atom. The molecule has 1 amide bonds. The average Bonchev–Trinajstić information content (AvgIpc) is 2.06. The van der Waals surface area contributed by atoms with Crippen LogP contribution in [0, 0.1) is 5.92 Å². The predicted molar refractivity (Wildman–Crippen MR) is 42.1 cm³/mol. The predicted octanol–water partition coefficient (Wildman–Crippen LogP) is -0.126. The summed E-state index contributed by atoms with van der Waals surface area (Å²) in [5.74, 6) is 0.818. The lowest BCUT2D eigenvalue weighted by molar-refractivity contribution is -0.126. The fraction of sp³-hybridized carbons (Fsp3) is 0.875. The van der Waals surface area contributed by atoms with Gasteiger partial charge in [-0.2, -0.15) is 0 Å². The Bertz CT molecular complexity index is 167. The van der Waals surface area contributed by atoms with E-state index in [0.29, 0.717) is 5.92 Å². The summed E-state index contributed by atoms with van der Waals surface area (Å²) in [6.45, 7) is 1.89. The summed E-state index contributed by atoms with van der Waals surface area (Å²) in [5, 5.41) is 6.14. The minimum absolute atomic E-state index is 0.123. The van der Waals surface area contributed by atoms with Crippen LogP contribution in [0.1, 0.15) is 19.3 Å². The van der Waals surface area contributed by atoms with Gasteiger partial charge in [0.15, 0.2) is 0 Å². The van der Waals surface area contributed by atoms with Crippen molar-refractivity contribution in [3.63, 3.8) is 0 Å². The molecule has 11 heavy (non-hydrogen) atoms. The second-order valence-electron chi connectivity index (χ2n) is 3.41. The number of carbonyl (C=O) groups is 1. The molecule has 2 N–H and O–H groups in total. The van der Waals surface area contributed by atoms with Crippen LogP contribution < -0.4 is 10.6 Å². The summed E-state index contributed by atoms with van der Waals surface area (Å²) in [5.41, 5.74) is 0. The van der Waals surface area contributed by atoms with Crippen molar-refractivity contribution in [1.29, 1.82) is 0 Å². The summed E-state index contributed by atoms with van der Waals surface area (Å²) >= 11 is 0. The summed E-state index contributed by atoms with van der Waals surface area (Å²) in [7, 11) is 0. The van der Waals surface area contributed by atoms with Gasteiger partial charge in [0.2, 0.25) is 5.91 Å². The first-order valence-electron chi connectivity index (χ1n) is 4.39. The lowest BCUT2D eigenvalue weighted by Gasteiger charge is -2.35. The number of rotatable bonds is 0. The maximum Gasteiger partial charge on any atom is 0.237 e. The van der Waals surface area contributed by atoms with Gasteiger partial charge in [0.1, 0.15) is 0 Å². The first-order chi connectivity index (χ1) is 5.38. The molecule has 0 saturated carbocycles. The number of amides is 1. The summed E-state index contributed by atoms with van der Waals surface area (Å²) in [6.07, 6.45) is 3.61. The third-order valence-corrected chi connectivity index (χ3v) is 2.68. The summed E-state index contributed by atoms with van der Waals surface area (Å²) < 4.78 is 0. The Morgan fingerprint density at radius 1 is 1.27 bits per heavy atom. The van der Waals surface area contributed by atoms with Crippen molar-refractivity contribution in [2.24, 2.45) is 5.92 Å². The Labute approximate surface area is 66.5 Å². The largest absolute Gasteiger partial charge is 0.355 e. The molecule has 2 atom stereocenters. The molecule has 2 saturated heterocycles. The Hall–Kier alpha value is -0.570. The first-order valence-corrected chi connectivity index (χ1v) is 4.39. The summed E-state index contributed by atoms with van der Waals surface area (Å²) in [4.78, 5) is 11.3. The minimum Gasteiger partial charge on any atom is -0.355 e. The number of nitrogens with one attached hydrogen (secondary N) is 2. The second-order valence-corrected chi connectivity index (χ2v) is 3.41. The van der Waals surface area contributed by atoms with Gasteiger partial charge in [0.25, 0.3) is 0 Å². The van der Waals surface area contributed by atoms with E-state index in [2.05, 4.69) is 10.6 Å². The monoisotopic (exact) mass is 154 g/mol. The van der Waals surface area contributed by atoms with Crippen molar-refractivity contribution in [1.82, 2.24) is 10.6 Å². The molecule has 2 rings (SSSR count). The number of hydrogen-bond donors (Lipinski definition) is 2. The van der Waals surface area contributed by atoms with Crippen LogP contribution in [-0.4, -0.2) is 25.0 Å². The highest BCUT2D eigenvalue weighted by atomic mass is 16.2. The van der Waals surface area contributed by atoms with Crippen molar-refractivity contribution in [2.75, 3.05) is 13.1 Å². The first kappa shape index (κ1) is 7.10. The highest BCUT2D eigenvalue weighted by molar-refractivity contribution is 5.82. The molecule has 2 aliphatic rings. The van der Waals surface area contributed by atoms with Crippen LogP contribution in [0.25, 0.3) is 0 Å². The third kappa shape index (κ3) is 1.25. The van der Waals surface area contributed by atoms with Crippen molar-refractivity contribution >= 4 is 5.91 Å². The molecule has 0 aromatic rings. The van der Waals surface area contributed by atoms with Gasteiger partial charge in [-0.3, -0.25) is 4.79 Å². The quantitative estimate of drug-likeness (QED) is 0.510. The van der Waals surface area contributed by atoms with Gasteiger partial charge in [-0.1, -0.05) is 0 Å². The molecule has 2 heterocycles. The lowest BCUT2D eigenvalue weighted by Crippen LogP contribution is -2.55. The molecule has 0 bridgehead atoms. The van der Waals surface area contributed by atoms with Crippen LogP contribution in [0.15, 0.2) is 0 Å². The molecule has 0 aromatic heterocycles. The molecule has 3 nitrogen and oxygen atoms in total. The zero-order valence-electron chi connectivity index (χ0n) is 6.60. The highest BCUT2D eigenvalue weighted by Gasteiger charge is 2.32. The zero-order valence-corrected chi connectivity index (χ0v) is 6.60. The normalized spacial score (nSPS) is 37.6. The average molecular weight is 154 g/mol. The highest BCUT2D eigenvalue weighted by Crippen LogP contribution is 2.22. The molecular formula is C8H14N2O. The standard InChI is InChI=1S/C8H14N2O/c11-8-7-6(3-5-10-8)2-1-4-9-7/h6-7,9H,1-5H2,(H,10,11)/t6-,7+/m1/s1. The van der Waals surface area contributed by atoms with E-state index < -0.39 is 0 Å². The van der Waals surface area contributed by atoms with E-state index in [0.717, 1.165) is 19.5 Å². The van der Waals surface area contributed by atoms with Gasteiger partial charge in [-0.25, -0.2) is 0 Å². The topological polar surface area (TPSA) is 41.1 Å². The van der Waals surface area contributed by atoms with E-state index in [9.17, 15) is 4.79 Å². The van der Waals surface area contributed by atoms with Crippen LogP contribution in [0.4, 0.5) is 0 Å². The molecule has 2 fully saturated rings. The van der Waals surface area contributed by atoms with Crippen molar-refractivity contribution in [3.8, 4) is 0 Å². The SMILES string of the molecule is O=C1NCC[C@H]2CCCN[C@H]12. The molecule has 0 aromatic carbocycles. The molecule has 0 spiro atoms. The van der Waals surface area contributed by atoms with E-state index in [1.807, 2.05) is 0 Å². The Balaban J connectivity index is 2.05. The molecular weight excluding hydrogens is 140 g/mol. The van der Waals surface area contributed by atoms with Crippen molar-refractivity contribution in [2.45, 2.75) is 25.3 Å². The van der Waals surface area contributed by atoms with Gasteiger partial charge in [0, 0.05) is 6.54 Å². The fourth-order valence-electron chi connectivity index (χ4n) is 2.06. The maximum atomic E-state index is 11.3. The minimum atomic E-state index is 0.123.